The van der Waals surface area contributed by atoms with Crippen LogP contribution in [0.4, 0.5) is 0 Å². The second-order valence-electron chi connectivity index (χ2n) is 7.43. The van der Waals surface area contributed by atoms with Crippen LogP contribution in [-0.4, -0.2) is 15.0 Å². The molecular formula is C27H13Cl2N3O. The minimum atomic E-state index is 0.454. The van der Waals surface area contributed by atoms with Crippen LogP contribution in [0.15, 0.2) is 83.3 Å². The predicted octanol–water partition coefficient (Wildman–Crippen LogP) is 7.68. The Balaban J connectivity index is 1.67. The molecule has 0 aliphatic heterocycles. The van der Waals surface area contributed by atoms with Gasteiger partial charge in [0.1, 0.15) is 5.58 Å². The Labute approximate surface area is 199 Å². The van der Waals surface area contributed by atoms with E-state index in [4.69, 9.17) is 42.6 Å². The van der Waals surface area contributed by atoms with E-state index in [9.17, 15) is 0 Å². The van der Waals surface area contributed by atoms with Crippen molar-refractivity contribution in [3.05, 3.63) is 101 Å². The fourth-order valence-corrected chi connectivity index (χ4v) is 4.39. The second-order valence-corrected chi connectivity index (χ2v) is 8.27. The fourth-order valence-electron chi connectivity index (χ4n) is 3.86. The van der Waals surface area contributed by atoms with Crippen molar-refractivity contribution in [2.75, 3.05) is 0 Å². The number of hydrogen-bond donors (Lipinski definition) is 0. The smallest absolute Gasteiger partial charge is 0.172 e. The summed E-state index contributed by atoms with van der Waals surface area (Å²) in [5.74, 6) is 1.59. The van der Waals surface area contributed by atoms with Crippen LogP contribution < -0.4 is 0 Å². The maximum atomic E-state index is 6.42. The topological polar surface area (TPSA) is 51.8 Å². The Morgan fingerprint density at radius 2 is 1.58 bits per heavy atom. The number of rotatable bonds is 3. The second kappa shape index (κ2) is 7.90. The van der Waals surface area contributed by atoms with E-state index in [1.54, 1.807) is 12.1 Å². The Morgan fingerprint density at radius 3 is 2.39 bits per heavy atom. The molecule has 0 fully saturated rings. The Bertz CT molecular complexity index is 1570. The van der Waals surface area contributed by atoms with E-state index in [1.807, 2.05) is 66.7 Å². The van der Waals surface area contributed by atoms with Gasteiger partial charge in [-0.05, 0) is 30.3 Å². The normalized spacial score (nSPS) is 11.1. The third-order valence-corrected chi connectivity index (χ3v) is 5.81. The molecule has 2 aromatic heterocycles. The summed E-state index contributed by atoms with van der Waals surface area (Å²) in [6.07, 6.45) is 0. The summed E-state index contributed by atoms with van der Waals surface area (Å²) in [5, 5.41) is 2.63. The lowest BCUT2D eigenvalue weighted by molar-refractivity contribution is 0.669. The molecular weight excluding hydrogens is 453 g/mol. The lowest BCUT2D eigenvalue weighted by Crippen LogP contribution is -2.00. The van der Waals surface area contributed by atoms with Gasteiger partial charge in [-0.25, -0.2) is 15.0 Å². The van der Waals surface area contributed by atoms with Crippen LogP contribution in [0.2, 0.25) is 10.0 Å². The highest BCUT2D eigenvalue weighted by Crippen LogP contribution is 2.40. The zero-order valence-corrected chi connectivity index (χ0v) is 18.5. The lowest BCUT2D eigenvalue weighted by atomic mass is 10.1. The summed E-state index contributed by atoms with van der Waals surface area (Å²) in [6, 6.07) is 30.7. The summed E-state index contributed by atoms with van der Waals surface area (Å²) in [5.41, 5.74) is 3.66. The first kappa shape index (κ1) is 19.8. The van der Waals surface area contributed by atoms with Crippen LogP contribution in [0.25, 0.3) is 56.1 Å². The maximum Gasteiger partial charge on any atom is 0.172 e. The lowest BCUT2D eigenvalue weighted by Gasteiger charge is -2.08. The molecule has 0 aliphatic rings. The molecule has 0 amide bonds. The van der Waals surface area contributed by atoms with Gasteiger partial charge in [-0.2, -0.15) is 0 Å². The van der Waals surface area contributed by atoms with E-state index in [-0.39, 0.29) is 0 Å². The number of nitrogens with zero attached hydrogens (tertiary/aromatic N) is 3. The van der Waals surface area contributed by atoms with Crippen LogP contribution >= 0.6 is 23.2 Å². The zero-order valence-electron chi connectivity index (χ0n) is 17.0. The molecule has 0 aliphatic carbocycles. The number of halogens is 2. The van der Waals surface area contributed by atoms with Gasteiger partial charge < -0.3 is 4.42 Å². The third kappa shape index (κ3) is 3.48. The van der Waals surface area contributed by atoms with Crippen molar-refractivity contribution in [2.45, 2.75) is 0 Å². The van der Waals surface area contributed by atoms with E-state index >= 15 is 0 Å². The number of aromatic nitrogens is 3. The highest BCUT2D eigenvalue weighted by Gasteiger charge is 2.19. The first-order valence-corrected chi connectivity index (χ1v) is 10.9. The van der Waals surface area contributed by atoms with Gasteiger partial charge in [-0.15, -0.1) is 0 Å². The molecule has 0 bridgehead atoms. The van der Waals surface area contributed by atoms with Crippen molar-refractivity contribution in [1.29, 1.82) is 0 Å². The minimum Gasteiger partial charge on any atom is -0.454 e. The zero-order chi connectivity index (χ0) is 22.4. The summed E-state index contributed by atoms with van der Waals surface area (Å²) in [4.78, 5) is 14.3. The molecule has 6 heteroatoms. The molecule has 6 rings (SSSR count). The molecule has 0 atom stereocenters. The SMILES string of the molecule is Clc1cc(Cl)c2oc3cccc(-c4nc(-c5c#cccc5)nc(-c5ccccc5)n4)c3c2c1. The highest BCUT2D eigenvalue weighted by molar-refractivity contribution is 6.39. The van der Waals surface area contributed by atoms with Gasteiger partial charge >= 0.3 is 0 Å². The average molecular weight is 466 g/mol. The van der Waals surface area contributed by atoms with Gasteiger partial charge in [0.25, 0.3) is 0 Å². The number of hydrogen-bond acceptors (Lipinski definition) is 4. The minimum absolute atomic E-state index is 0.454. The molecule has 0 spiro atoms. The first-order valence-electron chi connectivity index (χ1n) is 10.2. The van der Waals surface area contributed by atoms with Gasteiger partial charge in [-0.3, -0.25) is 0 Å². The molecule has 156 valence electrons. The Morgan fingerprint density at radius 1 is 0.758 bits per heavy atom. The quantitative estimate of drug-likeness (QED) is 0.268. The fraction of sp³-hybridized carbons (Fsp3) is 0. The van der Waals surface area contributed by atoms with E-state index < -0.39 is 0 Å². The molecule has 0 radical (unpaired) electrons. The Hall–Kier alpha value is -3.91. The van der Waals surface area contributed by atoms with E-state index in [0.717, 1.165) is 27.5 Å². The van der Waals surface area contributed by atoms with Crippen LogP contribution in [0.3, 0.4) is 0 Å². The van der Waals surface area contributed by atoms with Crippen LogP contribution in [-0.2, 0) is 0 Å². The summed E-state index contributed by atoms with van der Waals surface area (Å²) in [7, 11) is 0. The predicted molar refractivity (Wildman–Crippen MR) is 131 cm³/mol. The monoisotopic (exact) mass is 465 g/mol. The van der Waals surface area contributed by atoms with Crippen LogP contribution in [0, 0.1) is 12.1 Å². The van der Waals surface area contributed by atoms with Gasteiger partial charge in [-0.1, -0.05) is 83.9 Å². The molecule has 2 heterocycles. The van der Waals surface area contributed by atoms with Gasteiger partial charge in [0.2, 0.25) is 0 Å². The third-order valence-electron chi connectivity index (χ3n) is 5.31. The summed E-state index contributed by atoms with van der Waals surface area (Å²) >= 11 is 12.7. The molecule has 4 nitrogen and oxygen atoms in total. The maximum absolute atomic E-state index is 6.42. The van der Waals surface area contributed by atoms with E-state index in [2.05, 4.69) is 12.1 Å². The van der Waals surface area contributed by atoms with Gasteiger partial charge in [0, 0.05) is 26.9 Å². The number of benzene rings is 3. The van der Waals surface area contributed by atoms with Gasteiger partial charge in [0.05, 0.1) is 10.6 Å². The van der Waals surface area contributed by atoms with Crippen molar-refractivity contribution in [3.8, 4) is 34.2 Å². The summed E-state index contributed by atoms with van der Waals surface area (Å²) < 4.78 is 6.06. The van der Waals surface area contributed by atoms with Crippen molar-refractivity contribution >= 4 is 45.1 Å². The first-order chi connectivity index (χ1) is 16.2. The number of furan rings is 1. The average Bonchev–Trinajstić information content (AvgIpc) is 3.24. The highest BCUT2D eigenvalue weighted by atomic mass is 35.5. The number of fused-ring (bicyclic) bond motifs is 3. The molecule has 0 N–H and O–H groups in total. The molecule has 0 saturated carbocycles. The largest absolute Gasteiger partial charge is 0.454 e. The van der Waals surface area contributed by atoms with Crippen LogP contribution in [0.5, 0.6) is 0 Å². The molecule has 33 heavy (non-hydrogen) atoms. The van der Waals surface area contributed by atoms with E-state index in [1.165, 1.54) is 0 Å². The van der Waals surface area contributed by atoms with Gasteiger partial charge in [0.15, 0.2) is 23.1 Å². The molecule has 0 saturated heterocycles. The van der Waals surface area contributed by atoms with E-state index in [0.29, 0.717) is 38.7 Å². The molecule has 4 aromatic carbocycles. The van der Waals surface area contributed by atoms with Crippen molar-refractivity contribution in [3.63, 3.8) is 0 Å². The van der Waals surface area contributed by atoms with Crippen molar-refractivity contribution in [1.82, 2.24) is 15.0 Å². The van der Waals surface area contributed by atoms with Crippen molar-refractivity contribution < 1.29 is 4.42 Å². The standard InChI is InChI=1S/C27H13Cl2N3O/c28-18-14-20-23-19(12-7-13-22(23)33-24(20)21(29)15-18)27-31-25(16-8-3-1-4-9-16)30-26(32-27)17-10-5-2-6-11-17/h1-5,7-10,12-15H. The molecule has 0 unspecified atom stereocenters. The van der Waals surface area contributed by atoms with Crippen LogP contribution in [0.1, 0.15) is 0 Å². The molecule has 6 aromatic rings. The van der Waals surface area contributed by atoms with Crippen molar-refractivity contribution in [2.24, 2.45) is 0 Å². The summed E-state index contributed by atoms with van der Waals surface area (Å²) in [6.45, 7) is 0. The Kier molecular flexibility index (Phi) is 4.73.